The van der Waals surface area contributed by atoms with E-state index in [-0.39, 0.29) is 0 Å². The van der Waals surface area contributed by atoms with Crippen molar-refractivity contribution < 1.29 is 17.9 Å². The highest BCUT2D eigenvalue weighted by atomic mass is 19.4. The van der Waals surface area contributed by atoms with Crippen LogP contribution >= 0.6 is 0 Å². The van der Waals surface area contributed by atoms with E-state index in [1.54, 1.807) is 0 Å². The zero-order chi connectivity index (χ0) is 14.4. The number of nitrogens with one attached hydrogen (secondary N) is 1. The summed E-state index contributed by atoms with van der Waals surface area (Å²) in [5.41, 5.74) is 0.161. The van der Waals surface area contributed by atoms with Crippen LogP contribution in [0.3, 0.4) is 0 Å². The Labute approximate surface area is 117 Å². The van der Waals surface area contributed by atoms with Gasteiger partial charge in [0.25, 0.3) is 0 Å². The average molecular weight is 287 g/mol. The number of ether oxygens (including phenoxy) is 1. The van der Waals surface area contributed by atoms with E-state index in [4.69, 9.17) is 4.74 Å². The molecule has 1 aromatic carbocycles. The molecule has 0 bridgehead atoms. The lowest BCUT2D eigenvalue weighted by Crippen LogP contribution is -2.30. The van der Waals surface area contributed by atoms with Crippen molar-refractivity contribution in [2.24, 2.45) is 5.92 Å². The van der Waals surface area contributed by atoms with Gasteiger partial charge in [-0.2, -0.15) is 13.2 Å². The fourth-order valence-corrected chi connectivity index (χ4v) is 2.40. The van der Waals surface area contributed by atoms with Crippen LogP contribution in [0, 0.1) is 5.92 Å². The summed E-state index contributed by atoms with van der Waals surface area (Å²) in [6, 6.07) is 5.16. The van der Waals surface area contributed by atoms with Crippen molar-refractivity contribution in [1.82, 2.24) is 5.32 Å². The van der Waals surface area contributed by atoms with Gasteiger partial charge in [0.2, 0.25) is 0 Å². The van der Waals surface area contributed by atoms with Gasteiger partial charge in [0.1, 0.15) is 0 Å². The summed E-state index contributed by atoms with van der Waals surface area (Å²) in [6.45, 7) is 3.18. The lowest BCUT2D eigenvalue weighted by molar-refractivity contribution is -0.137. The Balaban J connectivity index is 1.68. The van der Waals surface area contributed by atoms with Gasteiger partial charge in [-0.15, -0.1) is 0 Å². The van der Waals surface area contributed by atoms with Crippen molar-refractivity contribution in [3.8, 4) is 0 Å². The Morgan fingerprint density at radius 3 is 2.55 bits per heavy atom. The maximum atomic E-state index is 12.4. The summed E-state index contributed by atoms with van der Waals surface area (Å²) in [7, 11) is 0. The van der Waals surface area contributed by atoms with Gasteiger partial charge in [0.05, 0.1) is 12.2 Å². The van der Waals surface area contributed by atoms with Crippen molar-refractivity contribution in [3.63, 3.8) is 0 Å². The Morgan fingerprint density at radius 2 is 1.95 bits per heavy atom. The molecule has 20 heavy (non-hydrogen) atoms. The topological polar surface area (TPSA) is 21.3 Å². The van der Waals surface area contributed by atoms with Crippen LogP contribution in [-0.2, 0) is 17.5 Å². The summed E-state index contributed by atoms with van der Waals surface area (Å²) < 4.78 is 42.7. The largest absolute Gasteiger partial charge is 0.416 e. The highest BCUT2D eigenvalue weighted by Gasteiger charge is 2.29. The first-order valence-corrected chi connectivity index (χ1v) is 7.00. The van der Waals surface area contributed by atoms with Crippen LogP contribution in [0.4, 0.5) is 13.2 Å². The molecular formula is C15H20F3NO. The first-order chi connectivity index (χ1) is 9.55. The van der Waals surface area contributed by atoms with E-state index < -0.39 is 11.7 Å². The normalized spacial score (nSPS) is 20.1. The molecule has 2 nitrogen and oxygen atoms in total. The molecule has 1 atom stereocenters. The monoisotopic (exact) mass is 287 g/mol. The average Bonchev–Trinajstić information content (AvgIpc) is 2.44. The molecule has 5 heteroatoms. The van der Waals surface area contributed by atoms with Crippen LogP contribution in [0.25, 0.3) is 0 Å². The zero-order valence-electron chi connectivity index (χ0n) is 11.4. The SMILES string of the molecule is FC(F)(F)c1ccc(COCCC2CCCNC2)cc1. The standard InChI is InChI=1S/C15H20F3NO/c16-15(17,18)14-5-3-13(4-6-14)11-20-9-7-12-2-1-8-19-10-12/h3-6,12,19H,1-2,7-11H2. The molecule has 0 radical (unpaired) electrons. The van der Waals surface area contributed by atoms with Crippen LogP contribution in [0.5, 0.6) is 0 Å². The molecule has 0 aliphatic carbocycles. The van der Waals surface area contributed by atoms with E-state index in [2.05, 4.69) is 5.32 Å². The minimum atomic E-state index is -4.27. The maximum absolute atomic E-state index is 12.4. The summed E-state index contributed by atoms with van der Waals surface area (Å²) in [5.74, 6) is 0.663. The number of rotatable bonds is 5. The van der Waals surface area contributed by atoms with Crippen molar-refractivity contribution >= 4 is 0 Å². The fourth-order valence-electron chi connectivity index (χ4n) is 2.40. The number of alkyl halides is 3. The molecule has 1 aromatic rings. The third-order valence-electron chi connectivity index (χ3n) is 3.62. The Morgan fingerprint density at radius 1 is 1.20 bits per heavy atom. The van der Waals surface area contributed by atoms with Crippen molar-refractivity contribution in [3.05, 3.63) is 35.4 Å². The summed E-state index contributed by atoms with van der Waals surface area (Å²) in [5, 5.41) is 3.35. The molecule has 2 rings (SSSR count). The van der Waals surface area contributed by atoms with E-state index in [0.29, 0.717) is 19.1 Å². The first kappa shape index (κ1) is 15.3. The number of hydrogen-bond donors (Lipinski definition) is 1. The Kier molecular flexibility index (Phi) is 5.43. The Bertz CT molecular complexity index is 397. The smallest absolute Gasteiger partial charge is 0.377 e. The molecular weight excluding hydrogens is 267 g/mol. The minimum absolute atomic E-state index is 0.373. The van der Waals surface area contributed by atoms with Gasteiger partial charge < -0.3 is 10.1 Å². The molecule has 1 N–H and O–H groups in total. The molecule has 0 amide bonds. The molecule has 0 aromatic heterocycles. The van der Waals surface area contributed by atoms with E-state index in [1.165, 1.54) is 25.0 Å². The molecule has 1 aliphatic rings. The van der Waals surface area contributed by atoms with Gasteiger partial charge >= 0.3 is 6.18 Å². The van der Waals surface area contributed by atoms with E-state index in [9.17, 15) is 13.2 Å². The second kappa shape index (κ2) is 7.09. The summed E-state index contributed by atoms with van der Waals surface area (Å²) in [4.78, 5) is 0. The minimum Gasteiger partial charge on any atom is -0.377 e. The van der Waals surface area contributed by atoms with Crippen LogP contribution in [0.15, 0.2) is 24.3 Å². The summed E-state index contributed by atoms with van der Waals surface area (Å²) in [6.07, 6.45) is -0.818. The van der Waals surface area contributed by atoms with Gasteiger partial charge in [0.15, 0.2) is 0 Å². The predicted molar refractivity (Wildman–Crippen MR) is 71.3 cm³/mol. The molecule has 112 valence electrons. The van der Waals surface area contributed by atoms with Crippen molar-refractivity contribution in [2.45, 2.75) is 32.0 Å². The molecule has 1 fully saturated rings. The second-order valence-corrected chi connectivity index (χ2v) is 5.25. The lowest BCUT2D eigenvalue weighted by atomic mass is 9.97. The van der Waals surface area contributed by atoms with Gasteiger partial charge in [-0.05, 0) is 56.0 Å². The van der Waals surface area contributed by atoms with Crippen LogP contribution in [0.1, 0.15) is 30.4 Å². The van der Waals surface area contributed by atoms with Crippen LogP contribution < -0.4 is 5.32 Å². The second-order valence-electron chi connectivity index (χ2n) is 5.25. The number of hydrogen-bond acceptors (Lipinski definition) is 2. The number of halogens is 3. The highest BCUT2D eigenvalue weighted by Crippen LogP contribution is 2.29. The molecule has 0 spiro atoms. The van der Waals surface area contributed by atoms with Gasteiger partial charge in [-0.25, -0.2) is 0 Å². The van der Waals surface area contributed by atoms with Gasteiger partial charge in [0, 0.05) is 6.61 Å². The van der Waals surface area contributed by atoms with Crippen molar-refractivity contribution in [1.29, 1.82) is 0 Å². The molecule has 1 aliphatic heterocycles. The van der Waals surface area contributed by atoms with Crippen LogP contribution in [0.2, 0.25) is 0 Å². The predicted octanol–water partition coefficient (Wildman–Crippen LogP) is 3.61. The lowest BCUT2D eigenvalue weighted by Gasteiger charge is -2.22. The number of piperidine rings is 1. The van der Waals surface area contributed by atoms with E-state index >= 15 is 0 Å². The van der Waals surface area contributed by atoms with Gasteiger partial charge in [-0.3, -0.25) is 0 Å². The number of benzene rings is 1. The zero-order valence-corrected chi connectivity index (χ0v) is 11.4. The Hall–Kier alpha value is -1.07. The van der Waals surface area contributed by atoms with E-state index in [0.717, 1.165) is 37.2 Å². The highest BCUT2D eigenvalue weighted by molar-refractivity contribution is 5.24. The third-order valence-corrected chi connectivity index (χ3v) is 3.62. The van der Waals surface area contributed by atoms with Gasteiger partial charge in [-0.1, -0.05) is 12.1 Å². The third kappa shape index (κ3) is 4.80. The fraction of sp³-hybridized carbons (Fsp3) is 0.600. The van der Waals surface area contributed by atoms with E-state index in [1.807, 2.05) is 0 Å². The first-order valence-electron chi connectivity index (χ1n) is 7.00. The molecule has 1 unspecified atom stereocenters. The molecule has 1 heterocycles. The molecule has 1 saturated heterocycles. The summed E-state index contributed by atoms with van der Waals surface area (Å²) >= 11 is 0. The quantitative estimate of drug-likeness (QED) is 0.835. The van der Waals surface area contributed by atoms with Crippen molar-refractivity contribution in [2.75, 3.05) is 19.7 Å². The van der Waals surface area contributed by atoms with Crippen LogP contribution in [-0.4, -0.2) is 19.7 Å². The molecule has 0 saturated carbocycles. The maximum Gasteiger partial charge on any atom is 0.416 e.